The highest BCUT2D eigenvalue weighted by Gasteiger charge is 2.24. The Labute approximate surface area is 165 Å². The summed E-state index contributed by atoms with van der Waals surface area (Å²) < 4.78 is 79.9. The molecule has 0 heterocycles. The maximum absolute atomic E-state index is 14.7. The van der Waals surface area contributed by atoms with Gasteiger partial charge in [0.1, 0.15) is 17.5 Å². The Morgan fingerprint density at radius 3 is 2.03 bits per heavy atom. The zero-order valence-corrected chi connectivity index (χ0v) is 15.4. The lowest BCUT2D eigenvalue weighted by Gasteiger charge is -2.27. The smallest absolute Gasteiger partial charge is 0.206 e. The van der Waals surface area contributed by atoms with E-state index in [1.807, 2.05) is 6.08 Å². The molecular weight excluding hydrogens is 390 g/mol. The van der Waals surface area contributed by atoms with Crippen LogP contribution < -0.4 is 0 Å². The quantitative estimate of drug-likeness (QED) is 0.288. The minimum Gasteiger partial charge on any atom is -0.206 e. The second kappa shape index (κ2) is 8.36. The lowest BCUT2D eigenvalue weighted by atomic mass is 9.78. The van der Waals surface area contributed by atoms with Crippen molar-refractivity contribution in [3.05, 3.63) is 71.6 Å². The molecule has 0 N–H and O–H groups in total. The van der Waals surface area contributed by atoms with Gasteiger partial charge in [-0.15, -0.1) is 6.58 Å². The molecule has 152 valence electrons. The van der Waals surface area contributed by atoms with Gasteiger partial charge in [0.25, 0.3) is 0 Å². The third-order valence-corrected chi connectivity index (χ3v) is 5.24. The summed E-state index contributed by atoms with van der Waals surface area (Å²) in [6, 6.07) is 5.43. The molecule has 0 radical (unpaired) electrons. The third-order valence-electron chi connectivity index (χ3n) is 5.24. The maximum atomic E-state index is 14.7. The van der Waals surface area contributed by atoms with Crippen molar-refractivity contribution in [2.45, 2.75) is 37.8 Å². The molecule has 0 saturated heterocycles. The molecule has 0 unspecified atom stereocenters. The molecule has 0 aromatic heterocycles. The van der Waals surface area contributed by atoms with Crippen LogP contribution in [-0.2, 0) is 0 Å². The minimum absolute atomic E-state index is 0.0426. The minimum atomic E-state index is -4.76. The Balaban J connectivity index is 1.89. The molecule has 3 rings (SSSR count). The maximum Gasteiger partial charge on any atom is 0.458 e. The predicted molar refractivity (Wildman–Crippen MR) is 99.6 cm³/mol. The van der Waals surface area contributed by atoms with Gasteiger partial charge >= 0.3 is 6.18 Å². The SMILES string of the molecule is C=CC1CCC(c2cc(F)c(-c3ccc(C#CC(F)(F)F)c(F)c3)c(F)c2)CC1. The Bertz CT molecular complexity index is 946. The Kier molecular flexibility index (Phi) is 6.07. The zero-order valence-electron chi connectivity index (χ0n) is 15.4. The van der Waals surface area contributed by atoms with Crippen LogP contribution in [0.4, 0.5) is 26.3 Å². The molecule has 0 bridgehead atoms. The van der Waals surface area contributed by atoms with Gasteiger partial charge in [0.05, 0.1) is 11.1 Å². The van der Waals surface area contributed by atoms with Crippen molar-refractivity contribution in [3.8, 4) is 23.0 Å². The zero-order chi connectivity index (χ0) is 21.2. The summed E-state index contributed by atoms with van der Waals surface area (Å²) in [5, 5.41) is 0. The fraction of sp³-hybridized carbons (Fsp3) is 0.304. The van der Waals surface area contributed by atoms with E-state index in [1.54, 1.807) is 5.92 Å². The molecule has 0 aliphatic heterocycles. The molecule has 2 aromatic rings. The van der Waals surface area contributed by atoms with Gasteiger partial charge in [-0.2, -0.15) is 13.2 Å². The largest absolute Gasteiger partial charge is 0.458 e. The van der Waals surface area contributed by atoms with Gasteiger partial charge in [0, 0.05) is 5.92 Å². The van der Waals surface area contributed by atoms with E-state index in [0.717, 1.165) is 49.8 Å². The van der Waals surface area contributed by atoms with E-state index < -0.39 is 34.8 Å². The number of benzene rings is 2. The number of halogens is 6. The van der Waals surface area contributed by atoms with Crippen molar-refractivity contribution in [3.63, 3.8) is 0 Å². The van der Waals surface area contributed by atoms with Crippen molar-refractivity contribution in [1.29, 1.82) is 0 Å². The van der Waals surface area contributed by atoms with Crippen molar-refractivity contribution in [2.24, 2.45) is 5.92 Å². The molecule has 1 aliphatic rings. The first-order valence-electron chi connectivity index (χ1n) is 9.19. The molecular formula is C23H18F6. The second-order valence-electron chi connectivity index (χ2n) is 7.15. The van der Waals surface area contributed by atoms with Gasteiger partial charge in [0.2, 0.25) is 0 Å². The summed E-state index contributed by atoms with van der Waals surface area (Å²) in [6.45, 7) is 3.78. The molecule has 1 aliphatic carbocycles. The number of hydrogen-bond donors (Lipinski definition) is 0. The van der Waals surface area contributed by atoms with E-state index in [0.29, 0.717) is 11.5 Å². The molecule has 6 heteroatoms. The number of alkyl halides is 3. The van der Waals surface area contributed by atoms with Crippen LogP contribution in [0.1, 0.15) is 42.7 Å². The number of rotatable bonds is 3. The van der Waals surface area contributed by atoms with Crippen LogP contribution in [0.25, 0.3) is 11.1 Å². The lowest BCUT2D eigenvalue weighted by molar-refractivity contribution is -0.0696. The number of allylic oxidation sites excluding steroid dienone is 1. The van der Waals surface area contributed by atoms with Gasteiger partial charge in [-0.3, -0.25) is 0 Å². The molecule has 0 nitrogen and oxygen atoms in total. The van der Waals surface area contributed by atoms with Gasteiger partial charge in [-0.25, -0.2) is 13.2 Å². The normalized spacial score (nSPS) is 19.4. The fourth-order valence-electron chi connectivity index (χ4n) is 3.70. The first kappa shape index (κ1) is 21.0. The van der Waals surface area contributed by atoms with Crippen LogP contribution in [0.3, 0.4) is 0 Å². The van der Waals surface area contributed by atoms with E-state index >= 15 is 0 Å². The van der Waals surface area contributed by atoms with Crippen LogP contribution in [0.2, 0.25) is 0 Å². The molecule has 0 atom stereocenters. The molecule has 0 amide bonds. The van der Waals surface area contributed by atoms with Crippen LogP contribution >= 0.6 is 0 Å². The summed E-state index contributed by atoms with van der Waals surface area (Å²) in [5.74, 6) is 0.359. The Morgan fingerprint density at radius 2 is 1.52 bits per heavy atom. The summed E-state index contributed by atoms with van der Waals surface area (Å²) in [7, 11) is 0. The van der Waals surface area contributed by atoms with E-state index in [1.165, 1.54) is 12.1 Å². The predicted octanol–water partition coefficient (Wildman–Crippen LogP) is 7.14. The van der Waals surface area contributed by atoms with E-state index in [-0.39, 0.29) is 11.5 Å². The monoisotopic (exact) mass is 408 g/mol. The van der Waals surface area contributed by atoms with Crippen LogP contribution in [-0.4, -0.2) is 6.18 Å². The van der Waals surface area contributed by atoms with Gasteiger partial charge in [0.15, 0.2) is 0 Å². The van der Waals surface area contributed by atoms with Crippen LogP contribution in [0.15, 0.2) is 43.0 Å². The fourth-order valence-corrected chi connectivity index (χ4v) is 3.70. The topological polar surface area (TPSA) is 0 Å². The van der Waals surface area contributed by atoms with Gasteiger partial charge in [-0.1, -0.05) is 18.1 Å². The third kappa shape index (κ3) is 5.03. The summed E-state index contributed by atoms with van der Waals surface area (Å²) >= 11 is 0. The highest BCUT2D eigenvalue weighted by molar-refractivity contribution is 5.66. The molecule has 29 heavy (non-hydrogen) atoms. The highest BCUT2D eigenvalue weighted by Crippen LogP contribution is 2.38. The molecule has 0 spiro atoms. The Hall–Kier alpha value is -2.68. The lowest BCUT2D eigenvalue weighted by Crippen LogP contribution is -2.12. The van der Waals surface area contributed by atoms with Crippen LogP contribution in [0, 0.1) is 35.2 Å². The van der Waals surface area contributed by atoms with E-state index in [2.05, 4.69) is 6.58 Å². The van der Waals surface area contributed by atoms with Crippen molar-refractivity contribution in [2.75, 3.05) is 0 Å². The van der Waals surface area contributed by atoms with Gasteiger partial charge in [-0.05, 0) is 72.9 Å². The summed E-state index contributed by atoms with van der Waals surface area (Å²) in [4.78, 5) is 0. The first-order chi connectivity index (χ1) is 13.7. The molecule has 1 fully saturated rings. The summed E-state index contributed by atoms with van der Waals surface area (Å²) in [5.41, 5.74) is -0.457. The highest BCUT2D eigenvalue weighted by atomic mass is 19.4. The second-order valence-corrected chi connectivity index (χ2v) is 7.15. The summed E-state index contributed by atoms with van der Waals surface area (Å²) in [6.07, 6.45) is 0.559. The first-order valence-corrected chi connectivity index (χ1v) is 9.19. The van der Waals surface area contributed by atoms with E-state index in [9.17, 15) is 26.3 Å². The average molecular weight is 408 g/mol. The standard InChI is InChI=1S/C23H18F6/c1-2-14-3-5-15(6-4-14)18-12-20(25)22(21(26)13-18)17-8-7-16(19(24)11-17)9-10-23(27,28)29/h2,7-8,11-15H,1,3-6H2. The average Bonchev–Trinajstić information content (AvgIpc) is 2.66. The molecule has 1 saturated carbocycles. The Morgan fingerprint density at radius 1 is 0.897 bits per heavy atom. The van der Waals surface area contributed by atoms with Gasteiger partial charge < -0.3 is 0 Å². The van der Waals surface area contributed by atoms with Crippen molar-refractivity contribution < 1.29 is 26.3 Å². The van der Waals surface area contributed by atoms with Crippen LogP contribution in [0.5, 0.6) is 0 Å². The molecule has 2 aromatic carbocycles. The van der Waals surface area contributed by atoms with E-state index in [4.69, 9.17) is 0 Å². The van der Waals surface area contributed by atoms with Crippen molar-refractivity contribution in [1.82, 2.24) is 0 Å². The van der Waals surface area contributed by atoms with Crippen molar-refractivity contribution >= 4 is 0 Å². The number of hydrogen-bond acceptors (Lipinski definition) is 0.